The van der Waals surface area contributed by atoms with Crippen LogP contribution in [-0.4, -0.2) is 36.7 Å². The quantitative estimate of drug-likeness (QED) is 0.661. The Morgan fingerprint density at radius 1 is 1.47 bits per heavy atom. The van der Waals surface area contributed by atoms with Crippen LogP contribution < -0.4 is 11.1 Å². The molecular weight excluding hydrogens is 248 g/mol. The Morgan fingerprint density at radius 2 is 2.16 bits per heavy atom. The number of benzene rings is 1. The molecule has 104 valence electrons. The number of ether oxygens (including phenoxy) is 1. The molecule has 1 amide bonds. The normalized spacial score (nSPS) is 11.9. The maximum Gasteiger partial charge on any atom is 0.326 e. The van der Waals surface area contributed by atoms with Crippen molar-refractivity contribution < 1.29 is 19.4 Å². The molecular formula is C13H18N2O4. The molecule has 1 unspecified atom stereocenters. The summed E-state index contributed by atoms with van der Waals surface area (Å²) in [7, 11) is 1.48. The minimum atomic E-state index is -1.09. The predicted molar refractivity (Wildman–Crippen MR) is 71.0 cm³/mol. The highest BCUT2D eigenvalue weighted by Gasteiger charge is 2.20. The molecule has 0 aromatic heterocycles. The second-order valence-electron chi connectivity index (χ2n) is 4.22. The van der Waals surface area contributed by atoms with Gasteiger partial charge >= 0.3 is 5.97 Å². The highest BCUT2D eigenvalue weighted by molar-refractivity contribution is 5.97. The molecule has 1 atom stereocenters. The molecule has 0 aliphatic rings. The molecule has 6 heteroatoms. The Labute approximate surface area is 111 Å². The van der Waals surface area contributed by atoms with Crippen LogP contribution in [0.3, 0.4) is 0 Å². The zero-order valence-electron chi connectivity index (χ0n) is 11.0. The first-order valence-electron chi connectivity index (χ1n) is 5.84. The number of nitrogen functional groups attached to an aromatic ring is 1. The lowest BCUT2D eigenvalue weighted by atomic mass is 10.1. The van der Waals surface area contributed by atoms with E-state index in [2.05, 4.69) is 5.32 Å². The van der Waals surface area contributed by atoms with Gasteiger partial charge in [0.2, 0.25) is 0 Å². The summed E-state index contributed by atoms with van der Waals surface area (Å²) < 4.78 is 4.81. The predicted octanol–water partition coefficient (Wildman–Crippen LogP) is 0.797. The van der Waals surface area contributed by atoms with E-state index in [1.807, 2.05) is 0 Å². The molecule has 0 bridgehead atoms. The number of nitrogens with two attached hydrogens (primary N) is 1. The molecule has 6 nitrogen and oxygen atoms in total. The van der Waals surface area contributed by atoms with E-state index >= 15 is 0 Å². The van der Waals surface area contributed by atoms with E-state index < -0.39 is 17.9 Å². The van der Waals surface area contributed by atoms with Crippen LogP contribution in [0.4, 0.5) is 5.69 Å². The monoisotopic (exact) mass is 266 g/mol. The summed E-state index contributed by atoms with van der Waals surface area (Å²) in [5.41, 5.74) is 7.41. The molecule has 19 heavy (non-hydrogen) atoms. The molecule has 0 saturated carbocycles. The number of hydrogen-bond acceptors (Lipinski definition) is 4. The fraction of sp³-hybridized carbons (Fsp3) is 0.385. The SMILES string of the molecule is COCCC(NC(=O)c1ccc(N)c(C)c1)C(=O)O. The molecule has 1 aromatic rings. The number of amides is 1. The number of nitrogens with one attached hydrogen (secondary N) is 1. The lowest BCUT2D eigenvalue weighted by Crippen LogP contribution is -2.41. The van der Waals surface area contributed by atoms with Gasteiger partial charge in [-0.15, -0.1) is 0 Å². The molecule has 4 N–H and O–H groups in total. The number of hydrogen-bond donors (Lipinski definition) is 3. The average molecular weight is 266 g/mol. The van der Waals surface area contributed by atoms with Crippen LogP contribution in [0.1, 0.15) is 22.3 Å². The standard InChI is InChI=1S/C13H18N2O4/c1-8-7-9(3-4-10(8)14)12(16)15-11(13(17)18)5-6-19-2/h3-4,7,11H,5-6,14H2,1-2H3,(H,15,16)(H,17,18). The zero-order valence-corrected chi connectivity index (χ0v) is 11.0. The minimum absolute atomic E-state index is 0.214. The third-order valence-corrected chi connectivity index (χ3v) is 2.75. The fourth-order valence-electron chi connectivity index (χ4n) is 1.55. The van der Waals surface area contributed by atoms with Crippen LogP contribution in [0.25, 0.3) is 0 Å². The highest BCUT2D eigenvalue weighted by atomic mass is 16.5. The summed E-state index contributed by atoms with van der Waals surface area (Å²) in [5, 5.41) is 11.5. The maximum absolute atomic E-state index is 11.9. The topological polar surface area (TPSA) is 102 Å². The Hall–Kier alpha value is -2.08. The van der Waals surface area contributed by atoms with Crippen molar-refractivity contribution in [2.75, 3.05) is 19.5 Å². The van der Waals surface area contributed by atoms with Gasteiger partial charge in [-0.2, -0.15) is 0 Å². The second-order valence-corrected chi connectivity index (χ2v) is 4.22. The summed E-state index contributed by atoms with van der Waals surface area (Å²) in [6, 6.07) is 3.84. The molecule has 0 saturated heterocycles. The molecule has 0 aliphatic heterocycles. The largest absolute Gasteiger partial charge is 0.480 e. The van der Waals surface area contributed by atoms with Crippen LogP contribution >= 0.6 is 0 Å². The van der Waals surface area contributed by atoms with Crippen LogP contribution in [0.15, 0.2) is 18.2 Å². The third kappa shape index (κ3) is 4.26. The number of methoxy groups -OCH3 is 1. The van der Waals surface area contributed by atoms with Crippen molar-refractivity contribution in [2.24, 2.45) is 0 Å². The van der Waals surface area contributed by atoms with Crippen LogP contribution in [-0.2, 0) is 9.53 Å². The van der Waals surface area contributed by atoms with E-state index in [0.29, 0.717) is 11.3 Å². The average Bonchev–Trinajstić information content (AvgIpc) is 2.37. The smallest absolute Gasteiger partial charge is 0.326 e. The van der Waals surface area contributed by atoms with Crippen LogP contribution in [0.5, 0.6) is 0 Å². The molecule has 0 heterocycles. The lowest BCUT2D eigenvalue weighted by Gasteiger charge is -2.14. The van der Waals surface area contributed by atoms with E-state index in [9.17, 15) is 9.59 Å². The van der Waals surface area contributed by atoms with Crippen molar-refractivity contribution in [3.8, 4) is 0 Å². The molecule has 0 aliphatic carbocycles. The molecule has 0 fully saturated rings. The molecule has 0 radical (unpaired) electrons. The number of carboxylic acid groups (broad SMARTS) is 1. The number of carbonyl (C=O) groups is 2. The van der Waals surface area contributed by atoms with Crippen LogP contribution in [0.2, 0.25) is 0 Å². The first-order chi connectivity index (χ1) is 8.95. The molecule has 1 rings (SSSR count). The number of aryl methyl sites for hydroxylation is 1. The number of carboxylic acids is 1. The number of anilines is 1. The summed E-state index contributed by atoms with van der Waals surface area (Å²) in [4.78, 5) is 22.9. The van der Waals surface area contributed by atoms with Gasteiger partial charge in [0.05, 0.1) is 0 Å². The second kappa shape index (κ2) is 6.75. The van der Waals surface area contributed by atoms with Gasteiger partial charge in [-0.25, -0.2) is 4.79 Å². The van der Waals surface area contributed by atoms with E-state index in [-0.39, 0.29) is 13.0 Å². The van der Waals surface area contributed by atoms with E-state index in [1.54, 1.807) is 25.1 Å². The number of carbonyl (C=O) groups excluding carboxylic acids is 1. The van der Waals surface area contributed by atoms with Gasteiger partial charge < -0.3 is 20.9 Å². The van der Waals surface area contributed by atoms with E-state index in [0.717, 1.165) is 5.56 Å². The van der Waals surface area contributed by atoms with Gasteiger partial charge in [-0.3, -0.25) is 4.79 Å². The number of rotatable bonds is 6. The molecule has 0 spiro atoms. The van der Waals surface area contributed by atoms with Crippen molar-refractivity contribution in [2.45, 2.75) is 19.4 Å². The summed E-state index contributed by atoms with van der Waals surface area (Å²) in [6.07, 6.45) is 0.214. The minimum Gasteiger partial charge on any atom is -0.480 e. The first-order valence-corrected chi connectivity index (χ1v) is 5.84. The van der Waals surface area contributed by atoms with Crippen molar-refractivity contribution in [3.05, 3.63) is 29.3 Å². The van der Waals surface area contributed by atoms with E-state index in [4.69, 9.17) is 15.6 Å². The van der Waals surface area contributed by atoms with Crippen molar-refractivity contribution >= 4 is 17.6 Å². The van der Waals surface area contributed by atoms with Gasteiger partial charge in [0.25, 0.3) is 5.91 Å². The summed E-state index contributed by atoms with van der Waals surface area (Å²) in [6.45, 7) is 2.05. The summed E-state index contributed by atoms with van der Waals surface area (Å²) in [5.74, 6) is -1.52. The van der Waals surface area contributed by atoms with Crippen molar-refractivity contribution in [1.29, 1.82) is 0 Å². The van der Waals surface area contributed by atoms with Gasteiger partial charge in [0, 0.05) is 31.4 Å². The van der Waals surface area contributed by atoms with Gasteiger partial charge in [0.15, 0.2) is 0 Å². The van der Waals surface area contributed by atoms with Gasteiger partial charge in [0.1, 0.15) is 6.04 Å². The maximum atomic E-state index is 11.9. The summed E-state index contributed by atoms with van der Waals surface area (Å²) >= 11 is 0. The van der Waals surface area contributed by atoms with E-state index in [1.165, 1.54) is 7.11 Å². The zero-order chi connectivity index (χ0) is 14.4. The van der Waals surface area contributed by atoms with Crippen LogP contribution in [0, 0.1) is 6.92 Å². The third-order valence-electron chi connectivity index (χ3n) is 2.75. The van der Waals surface area contributed by atoms with Crippen molar-refractivity contribution in [1.82, 2.24) is 5.32 Å². The first kappa shape index (κ1) is 15.0. The Bertz CT molecular complexity index is 474. The van der Waals surface area contributed by atoms with Crippen molar-refractivity contribution in [3.63, 3.8) is 0 Å². The highest BCUT2D eigenvalue weighted by Crippen LogP contribution is 2.12. The fourth-order valence-corrected chi connectivity index (χ4v) is 1.55. The Balaban J connectivity index is 2.75. The molecule has 1 aromatic carbocycles. The van der Waals surface area contributed by atoms with Gasteiger partial charge in [-0.1, -0.05) is 0 Å². The lowest BCUT2D eigenvalue weighted by molar-refractivity contribution is -0.139. The Morgan fingerprint density at radius 3 is 2.68 bits per heavy atom. The number of aliphatic carboxylic acids is 1. The Kier molecular flexibility index (Phi) is 5.32. The van der Waals surface area contributed by atoms with Gasteiger partial charge in [-0.05, 0) is 30.7 Å².